The summed E-state index contributed by atoms with van der Waals surface area (Å²) in [5.74, 6) is -1.13. The SMILES string of the molecule is C/C=C(C1=C(C)CCCC1)/C(=C(\NC=O)C(OC(C)(C)CC)C(=O)O)c1ccc(C)cc1. The van der Waals surface area contributed by atoms with Crippen molar-refractivity contribution in [2.45, 2.75) is 85.4 Å². The van der Waals surface area contributed by atoms with Crippen molar-refractivity contribution in [1.82, 2.24) is 5.32 Å². The number of carboxylic acids is 1. The Hall–Kier alpha value is -2.66. The molecular formula is C27H37NO4. The second-order valence-corrected chi connectivity index (χ2v) is 9.03. The average Bonchev–Trinajstić information content (AvgIpc) is 2.76. The molecule has 2 rings (SSSR count). The van der Waals surface area contributed by atoms with Gasteiger partial charge in [-0.3, -0.25) is 4.79 Å². The van der Waals surface area contributed by atoms with Gasteiger partial charge in [-0.15, -0.1) is 0 Å². The quantitative estimate of drug-likeness (QED) is 0.349. The van der Waals surface area contributed by atoms with Gasteiger partial charge < -0.3 is 15.2 Å². The first-order chi connectivity index (χ1) is 15.1. The smallest absolute Gasteiger partial charge is 0.339 e. The fourth-order valence-corrected chi connectivity index (χ4v) is 4.04. The van der Waals surface area contributed by atoms with Crippen LogP contribution in [0.3, 0.4) is 0 Å². The van der Waals surface area contributed by atoms with Crippen molar-refractivity contribution in [3.05, 3.63) is 63.9 Å². The lowest BCUT2D eigenvalue weighted by atomic mass is 9.81. The van der Waals surface area contributed by atoms with Gasteiger partial charge in [0.2, 0.25) is 6.41 Å². The Morgan fingerprint density at radius 1 is 1.19 bits per heavy atom. The maximum absolute atomic E-state index is 12.4. The van der Waals surface area contributed by atoms with E-state index in [2.05, 4.69) is 12.2 Å². The summed E-state index contributed by atoms with van der Waals surface area (Å²) in [7, 11) is 0. The van der Waals surface area contributed by atoms with E-state index in [4.69, 9.17) is 4.74 Å². The molecule has 5 heteroatoms. The number of amides is 1. The maximum Gasteiger partial charge on any atom is 0.339 e. The van der Waals surface area contributed by atoms with Gasteiger partial charge in [0.15, 0.2) is 6.10 Å². The highest BCUT2D eigenvalue weighted by atomic mass is 16.5. The van der Waals surface area contributed by atoms with E-state index in [-0.39, 0.29) is 5.70 Å². The van der Waals surface area contributed by atoms with Crippen molar-refractivity contribution in [3.63, 3.8) is 0 Å². The van der Waals surface area contributed by atoms with E-state index >= 15 is 0 Å². The molecular weight excluding hydrogens is 402 g/mol. The number of rotatable bonds is 10. The Labute approximate surface area is 192 Å². The Balaban J connectivity index is 2.86. The summed E-state index contributed by atoms with van der Waals surface area (Å²) in [5.41, 5.74) is 5.73. The zero-order valence-electron chi connectivity index (χ0n) is 20.2. The standard InChI is InChI=1S/C27H37NO4/c1-7-21(22-12-10-9-11-19(22)4)23(20-15-13-18(3)14-16-20)24(28-17-29)25(26(30)31)32-27(5,6)8-2/h7,13-17,25H,8-12H2,1-6H3,(H,28,29)(H,30,31)/b21-7+,24-23-. The first-order valence-electron chi connectivity index (χ1n) is 11.4. The highest BCUT2D eigenvalue weighted by Crippen LogP contribution is 2.39. The van der Waals surface area contributed by atoms with E-state index in [1.165, 1.54) is 11.1 Å². The van der Waals surface area contributed by atoms with Crippen LogP contribution in [0.25, 0.3) is 5.57 Å². The molecule has 2 N–H and O–H groups in total. The van der Waals surface area contributed by atoms with E-state index in [0.717, 1.165) is 42.4 Å². The van der Waals surface area contributed by atoms with Crippen LogP contribution in [-0.4, -0.2) is 29.2 Å². The topological polar surface area (TPSA) is 75.6 Å². The van der Waals surface area contributed by atoms with Crippen LogP contribution in [0.15, 0.2) is 52.8 Å². The summed E-state index contributed by atoms with van der Waals surface area (Å²) in [6.07, 6.45) is 6.06. The van der Waals surface area contributed by atoms with Gasteiger partial charge in [-0.25, -0.2) is 4.79 Å². The number of aryl methyl sites for hydroxylation is 1. The van der Waals surface area contributed by atoms with Gasteiger partial charge in [-0.1, -0.05) is 48.4 Å². The molecule has 1 aliphatic rings. The van der Waals surface area contributed by atoms with E-state index in [0.29, 0.717) is 18.4 Å². The fourth-order valence-electron chi connectivity index (χ4n) is 4.04. The van der Waals surface area contributed by atoms with Crippen molar-refractivity contribution in [3.8, 4) is 0 Å². The Kier molecular flexibility index (Phi) is 9.02. The number of nitrogens with one attached hydrogen (secondary N) is 1. The first kappa shape index (κ1) is 25.6. The molecule has 0 spiro atoms. The van der Waals surface area contributed by atoms with Gasteiger partial charge >= 0.3 is 5.97 Å². The van der Waals surface area contributed by atoms with Crippen LogP contribution in [0.4, 0.5) is 0 Å². The molecule has 0 saturated heterocycles. The Bertz CT molecular complexity index is 919. The molecule has 1 aromatic rings. The molecule has 1 atom stereocenters. The summed E-state index contributed by atoms with van der Waals surface area (Å²) in [6.45, 7) is 11.8. The average molecular weight is 440 g/mol. The number of carboxylic acid groups (broad SMARTS) is 1. The van der Waals surface area contributed by atoms with Gasteiger partial charge in [0.1, 0.15) is 0 Å². The Morgan fingerprint density at radius 3 is 2.31 bits per heavy atom. The number of ether oxygens (including phenoxy) is 1. The minimum atomic E-state index is -1.31. The predicted molar refractivity (Wildman–Crippen MR) is 129 cm³/mol. The fraction of sp³-hybridized carbons (Fsp3) is 0.481. The second kappa shape index (κ2) is 11.3. The molecule has 5 nitrogen and oxygen atoms in total. The summed E-state index contributed by atoms with van der Waals surface area (Å²) in [5, 5.41) is 12.9. The highest BCUT2D eigenvalue weighted by molar-refractivity contribution is 5.91. The minimum absolute atomic E-state index is 0.261. The summed E-state index contributed by atoms with van der Waals surface area (Å²) in [6, 6.07) is 7.94. The third-order valence-corrected chi connectivity index (χ3v) is 6.23. The molecule has 1 aromatic carbocycles. The van der Waals surface area contributed by atoms with E-state index < -0.39 is 17.7 Å². The summed E-state index contributed by atoms with van der Waals surface area (Å²) >= 11 is 0. The highest BCUT2D eigenvalue weighted by Gasteiger charge is 2.34. The van der Waals surface area contributed by atoms with Crippen LogP contribution in [0.2, 0.25) is 0 Å². The van der Waals surface area contributed by atoms with Gasteiger partial charge in [-0.05, 0) is 83.4 Å². The second-order valence-electron chi connectivity index (χ2n) is 9.03. The van der Waals surface area contributed by atoms with Crippen molar-refractivity contribution in [2.75, 3.05) is 0 Å². The molecule has 0 aromatic heterocycles. The first-order valence-corrected chi connectivity index (χ1v) is 11.4. The lowest BCUT2D eigenvalue weighted by Crippen LogP contribution is -2.40. The van der Waals surface area contributed by atoms with E-state index in [1.807, 2.05) is 65.0 Å². The number of hydrogen-bond acceptors (Lipinski definition) is 3. The molecule has 1 amide bonds. The van der Waals surface area contributed by atoms with Crippen LogP contribution in [0.5, 0.6) is 0 Å². The van der Waals surface area contributed by atoms with Crippen LogP contribution in [-0.2, 0) is 14.3 Å². The third kappa shape index (κ3) is 6.19. The van der Waals surface area contributed by atoms with Crippen LogP contribution in [0, 0.1) is 6.92 Å². The van der Waals surface area contributed by atoms with Crippen molar-refractivity contribution < 1.29 is 19.4 Å². The normalized spacial score (nSPS) is 17.0. The van der Waals surface area contributed by atoms with Gasteiger partial charge in [-0.2, -0.15) is 0 Å². The molecule has 1 aliphatic carbocycles. The molecule has 1 unspecified atom stereocenters. The lowest BCUT2D eigenvalue weighted by Gasteiger charge is -2.31. The summed E-state index contributed by atoms with van der Waals surface area (Å²) in [4.78, 5) is 24.1. The number of benzene rings is 1. The molecule has 0 saturated carbocycles. The molecule has 0 bridgehead atoms. The van der Waals surface area contributed by atoms with Crippen LogP contribution >= 0.6 is 0 Å². The van der Waals surface area contributed by atoms with Crippen LogP contribution < -0.4 is 5.32 Å². The third-order valence-electron chi connectivity index (χ3n) is 6.23. The number of carbonyl (C=O) groups is 2. The number of carbonyl (C=O) groups excluding carboxylic acids is 1. The molecule has 32 heavy (non-hydrogen) atoms. The summed E-state index contributed by atoms with van der Waals surface area (Å²) < 4.78 is 6.08. The van der Waals surface area contributed by atoms with Gasteiger partial charge in [0.25, 0.3) is 0 Å². The predicted octanol–water partition coefficient (Wildman–Crippen LogP) is 5.95. The molecule has 0 radical (unpaired) electrons. The molecule has 0 aliphatic heterocycles. The zero-order chi connectivity index (χ0) is 23.9. The van der Waals surface area contributed by atoms with Gasteiger partial charge in [0, 0.05) is 5.57 Å². The Morgan fingerprint density at radius 2 is 1.81 bits per heavy atom. The van der Waals surface area contributed by atoms with E-state index in [9.17, 15) is 14.7 Å². The molecule has 0 fully saturated rings. The van der Waals surface area contributed by atoms with Crippen molar-refractivity contribution >= 4 is 18.0 Å². The monoisotopic (exact) mass is 439 g/mol. The van der Waals surface area contributed by atoms with Crippen LogP contribution in [0.1, 0.15) is 77.8 Å². The maximum atomic E-state index is 12.4. The van der Waals surface area contributed by atoms with E-state index in [1.54, 1.807) is 0 Å². The number of aliphatic carboxylic acids is 1. The molecule has 0 heterocycles. The minimum Gasteiger partial charge on any atom is -0.479 e. The number of allylic oxidation sites excluding steroid dienone is 5. The van der Waals surface area contributed by atoms with Gasteiger partial charge in [0.05, 0.1) is 11.3 Å². The number of hydrogen-bond donors (Lipinski definition) is 2. The zero-order valence-corrected chi connectivity index (χ0v) is 20.2. The van der Waals surface area contributed by atoms with Crippen molar-refractivity contribution in [2.24, 2.45) is 0 Å². The lowest BCUT2D eigenvalue weighted by molar-refractivity contribution is -0.157. The molecule has 174 valence electrons. The van der Waals surface area contributed by atoms with Crippen molar-refractivity contribution in [1.29, 1.82) is 0 Å². The largest absolute Gasteiger partial charge is 0.479 e.